The van der Waals surface area contributed by atoms with Crippen molar-refractivity contribution in [2.24, 2.45) is 4.99 Å². The molecule has 2 aromatic carbocycles. The first-order valence-electron chi connectivity index (χ1n) is 10.0. The van der Waals surface area contributed by atoms with Gasteiger partial charge in [-0.3, -0.25) is 9.69 Å². The van der Waals surface area contributed by atoms with Crippen molar-refractivity contribution >= 4 is 56.5 Å². The van der Waals surface area contributed by atoms with Crippen LogP contribution in [0.2, 0.25) is 0 Å². The maximum absolute atomic E-state index is 12.8. The number of carbonyl (C=O) groups is 2. The van der Waals surface area contributed by atoms with E-state index >= 15 is 0 Å². The molecule has 1 fully saturated rings. The second-order valence-electron chi connectivity index (χ2n) is 6.77. The van der Waals surface area contributed by atoms with Crippen LogP contribution in [-0.2, 0) is 9.53 Å². The lowest BCUT2D eigenvalue weighted by molar-refractivity contribution is -0.121. The minimum atomic E-state index is -0.382. The van der Waals surface area contributed by atoms with Gasteiger partial charge in [0.2, 0.25) is 0 Å². The molecule has 7 nitrogen and oxygen atoms in total. The zero-order valence-electron chi connectivity index (χ0n) is 18.5. The molecule has 1 aliphatic rings. The Balaban J connectivity index is 1.84. The smallest absolute Gasteiger partial charge is 0.338 e. The average Bonchev–Trinajstić information content (AvgIpc) is 3.06. The highest BCUT2D eigenvalue weighted by Gasteiger charge is 2.30. The number of methoxy groups -OCH3 is 1. The van der Waals surface area contributed by atoms with E-state index in [1.54, 1.807) is 63.6 Å². The van der Waals surface area contributed by atoms with Gasteiger partial charge in [-0.1, -0.05) is 12.7 Å². The summed E-state index contributed by atoms with van der Waals surface area (Å²) in [5, 5.41) is 0.534. The van der Waals surface area contributed by atoms with Crippen LogP contribution in [0.5, 0.6) is 11.5 Å². The van der Waals surface area contributed by atoms with Gasteiger partial charge in [0.15, 0.2) is 16.7 Å². The molecule has 2 aromatic rings. The standard InChI is InChI=1S/C24H23BrN2O5S/c1-5-11-32-21-18(25)12-15(13-19(21)30-4)14-20-22(28)27(3)24(33-20)26-17-9-7-16(8-10-17)23(29)31-6-2/h5,7-10,12-14H,1,6,11H2,2-4H3/b20-14-,26-24?. The van der Waals surface area contributed by atoms with Crippen molar-refractivity contribution in [1.29, 1.82) is 0 Å². The Morgan fingerprint density at radius 2 is 2.00 bits per heavy atom. The molecule has 0 spiro atoms. The fourth-order valence-corrected chi connectivity index (χ4v) is 4.47. The monoisotopic (exact) mass is 530 g/mol. The average molecular weight is 531 g/mol. The predicted octanol–water partition coefficient (Wildman–Crippen LogP) is 5.43. The Morgan fingerprint density at radius 1 is 1.27 bits per heavy atom. The van der Waals surface area contributed by atoms with E-state index in [4.69, 9.17) is 14.2 Å². The molecule has 0 unspecified atom stereocenters. The summed E-state index contributed by atoms with van der Waals surface area (Å²) < 4.78 is 16.8. The number of thioether (sulfide) groups is 1. The van der Waals surface area contributed by atoms with E-state index in [2.05, 4.69) is 27.5 Å². The first kappa shape index (κ1) is 24.6. The van der Waals surface area contributed by atoms with Crippen LogP contribution >= 0.6 is 27.7 Å². The summed E-state index contributed by atoms with van der Waals surface area (Å²) in [4.78, 5) is 31.2. The molecule has 9 heteroatoms. The fourth-order valence-electron chi connectivity index (χ4n) is 2.91. The Morgan fingerprint density at radius 3 is 2.64 bits per heavy atom. The first-order valence-corrected chi connectivity index (χ1v) is 11.6. The molecule has 172 valence electrons. The van der Waals surface area contributed by atoms with Gasteiger partial charge in [0.25, 0.3) is 5.91 Å². The number of esters is 1. The number of ether oxygens (including phenoxy) is 3. The Kier molecular flexibility index (Phi) is 8.35. The van der Waals surface area contributed by atoms with Crippen LogP contribution in [0.1, 0.15) is 22.8 Å². The molecule has 0 radical (unpaired) electrons. The zero-order valence-corrected chi connectivity index (χ0v) is 20.9. The van der Waals surface area contributed by atoms with E-state index in [9.17, 15) is 9.59 Å². The van der Waals surface area contributed by atoms with Gasteiger partial charge in [0.05, 0.1) is 34.3 Å². The third kappa shape index (κ3) is 5.85. The van der Waals surface area contributed by atoms with Gasteiger partial charge < -0.3 is 14.2 Å². The molecule has 1 heterocycles. The molecule has 0 atom stereocenters. The maximum atomic E-state index is 12.8. The van der Waals surface area contributed by atoms with Gasteiger partial charge in [-0.05, 0) is 82.7 Å². The van der Waals surface area contributed by atoms with Gasteiger partial charge in [0.1, 0.15) is 6.61 Å². The highest BCUT2D eigenvalue weighted by Crippen LogP contribution is 2.39. The highest BCUT2D eigenvalue weighted by molar-refractivity contribution is 9.10. The molecule has 0 bridgehead atoms. The number of benzene rings is 2. The highest BCUT2D eigenvalue weighted by atomic mass is 79.9. The normalized spacial score (nSPS) is 15.8. The minimum absolute atomic E-state index is 0.163. The second-order valence-corrected chi connectivity index (χ2v) is 8.63. The van der Waals surface area contributed by atoms with Gasteiger partial charge in [-0.25, -0.2) is 9.79 Å². The first-order chi connectivity index (χ1) is 15.9. The number of halogens is 1. The number of nitrogens with zero attached hydrogens (tertiary/aromatic N) is 2. The third-order valence-electron chi connectivity index (χ3n) is 4.50. The van der Waals surface area contributed by atoms with E-state index in [-0.39, 0.29) is 11.9 Å². The topological polar surface area (TPSA) is 77.4 Å². The van der Waals surface area contributed by atoms with Gasteiger partial charge in [0, 0.05) is 7.05 Å². The van der Waals surface area contributed by atoms with Gasteiger partial charge >= 0.3 is 5.97 Å². The summed E-state index contributed by atoms with van der Waals surface area (Å²) in [6.07, 6.45) is 3.43. The molecule has 0 N–H and O–H groups in total. The number of hydrogen-bond acceptors (Lipinski definition) is 7. The van der Waals surface area contributed by atoms with Crippen LogP contribution in [0, 0.1) is 0 Å². The molecule has 1 amide bonds. The van der Waals surface area contributed by atoms with Crippen molar-refractivity contribution < 1.29 is 23.8 Å². The van der Waals surface area contributed by atoms with Crippen LogP contribution in [0.4, 0.5) is 5.69 Å². The molecule has 33 heavy (non-hydrogen) atoms. The lowest BCUT2D eigenvalue weighted by Crippen LogP contribution is -2.23. The lowest BCUT2D eigenvalue weighted by Gasteiger charge is -2.12. The summed E-state index contributed by atoms with van der Waals surface area (Å²) in [6.45, 7) is 6.07. The van der Waals surface area contributed by atoms with E-state index in [1.807, 2.05) is 6.07 Å². The molecule has 1 aliphatic heterocycles. The quantitative estimate of drug-likeness (QED) is 0.257. The predicted molar refractivity (Wildman–Crippen MR) is 134 cm³/mol. The molecule has 1 saturated heterocycles. The fraction of sp³-hybridized carbons (Fsp3) is 0.208. The summed E-state index contributed by atoms with van der Waals surface area (Å²) in [5.41, 5.74) is 1.85. The van der Waals surface area contributed by atoms with Crippen LogP contribution in [-0.4, -0.2) is 49.3 Å². The van der Waals surface area contributed by atoms with E-state index in [1.165, 1.54) is 16.7 Å². The number of likely N-dealkylation sites (N-methyl/N-ethyl adjacent to an activating group) is 1. The minimum Gasteiger partial charge on any atom is -0.493 e. The molecule has 0 aromatic heterocycles. The van der Waals surface area contributed by atoms with E-state index in [0.717, 1.165) is 5.56 Å². The second kappa shape index (κ2) is 11.2. The zero-order chi connectivity index (χ0) is 24.0. The van der Waals surface area contributed by atoms with Crippen molar-refractivity contribution in [3.8, 4) is 11.5 Å². The van der Waals surface area contributed by atoms with Gasteiger partial charge in [-0.15, -0.1) is 0 Å². The van der Waals surface area contributed by atoms with Crippen LogP contribution < -0.4 is 9.47 Å². The molecule has 0 aliphatic carbocycles. The molecule has 3 rings (SSSR count). The lowest BCUT2D eigenvalue weighted by atomic mass is 10.2. The van der Waals surface area contributed by atoms with Gasteiger partial charge in [-0.2, -0.15) is 0 Å². The molecular formula is C24H23BrN2O5S. The number of rotatable bonds is 8. The van der Waals surface area contributed by atoms with Crippen molar-refractivity contribution in [2.45, 2.75) is 6.92 Å². The van der Waals surface area contributed by atoms with Crippen molar-refractivity contribution in [1.82, 2.24) is 4.90 Å². The Labute approximate surface area is 205 Å². The third-order valence-corrected chi connectivity index (χ3v) is 6.15. The number of aliphatic imine (C=N–C) groups is 1. The van der Waals surface area contributed by atoms with E-state index in [0.29, 0.717) is 50.5 Å². The summed E-state index contributed by atoms with van der Waals surface area (Å²) >= 11 is 4.77. The van der Waals surface area contributed by atoms with Crippen molar-refractivity contribution in [3.63, 3.8) is 0 Å². The molecular weight excluding hydrogens is 508 g/mol. The molecule has 0 saturated carbocycles. The maximum Gasteiger partial charge on any atom is 0.338 e. The SMILES string of the molecule is C=CCOc1c(Br)cc(/C=C2\SC(=Nc3ccc(C(=O)OCC)cc3)N(C)C2=O)cc1OC. The Bertz CT molecular complexity index is 1130. The number of carbonyl (C=O) groups excluding carboxylic acids is 2. The summed E-state index contributed by atoms with van der Waals surface area (Å²) in [6, 6.07) is 10.4. The summed E-state index contributed by atoms with van der Waals surface area (Å²) in [7, 11) is 3.23. The van der Waals surface area contributed by atoms with Crippen molar-refractivity contribution in [3.05, 3.63) is 69.6 Å². The largest absolute Gasteiger partial charge is 0.493 e. The number of hydrogen-bond donors (Lipinski definition) is 0. The number of amidine groups is 1. The van der Waals surface area contributed by atoms with Crippen LogP contribution in [0.15, 0.2) is 63.4 Å². The van der Waals surface area contributed by atoms with E-state index < -0.39 is 0 Å². The van der Waals surface area contributed by atoms with Crippen LogP contribution in [0.25, 0.3) is 6.08 Å². The Hall–Kier alpha value is -3.04. The number of amides is 1. The van der Waals surface area contributed by atoms with Crippen molar-refractivity contribution in [2.75, 3.05) is 27.4 Å². The van der Waals surface area contributed by atoms with Crippen LogP contribution in [0.3, 0.4) is 0 Å². The summed E-state index contributed by atoms with van der Waals surface area (Å²) in [5.74, 6) is 0.559.